The lowest BCUT2D eigenvalue weighted by atomic mass is 10.1. The molecule has 30 heavy (non-hydrogen) atoms. The summed E-state index contributed by atoms with van der Waals surface area (Å²) < 4.78 is 34.6. The van der Waals surface area contributed by atoms with Gasteiger partial charge in [-0.05, 0) is 30.2 Å². The number of non-ortho nitro benzene ring substituents is 1. The van der Waals surface area contributed by atoms with Gasteiger partial charge in [0.05, 0.1) is 22.5 Å². The van der Waals surface area contributed by atoms with E-state index in [4.69, 9.17) is 4.74 Å². The first kappa shape index (κ1) is 20.2. The molecule has 7 nitrogen and oxygen atoms in total. The molecule has 3 aromatic carbocycles. The maximum Gasteiger partial charge on any atom is 0.269 e. The molecule has 8 heteroatoms. The van der Waals surface area contributed by atoms with E-state index < -0.39 is 27.2 Å². The number of aryl methyl sites for hydroxylation is 1. The molecule has 1 heterocycles. The Morgan fingerprint density at radius 1 is 0.967 bits per heavy atom. The van der Waals surface area contributed by atoms with Crippen LogP contribution in [0, 0.1) is 17.0 Å². The van der Waals surface area contributed by atoms with Gasteiger partial charge in [0, 0.05) is 12.1 Å². The Morgan fingerprint density at radius 3 is 2.27 bits per heavy atom. The molecule has 1 saturated heterocycles. The van der Waals surface area contributed by atoms with Gasteiger partial charge in [-0.2, -0.15) is 4.31 Å². The van der Waals surface area contributed by atoms with Gasteiger partial charge in [-0.1, -0.05) is 60.2 Å². The van der Waals surface area contributed by atoms with Crippen LogP contribution >= 0.6 is 0 Å². The second kappa shape index (κ2) is 7.98. The summed E-state index contributed by atoms with van der Waals surface area (Å²) >= 11 is 0. The van der Waals surface area contributed by atoms with E-state index in [-0.39, 0.29) is 17.2 Å². The molecule has 154 valence electrons. The van der Waals surface area contributed by atoms with Crippen molar-refractivity contribution in [2.24, 2.45) is 0 Å². The van der Waals surface area contributed by atoms with Gasteiger partial charge in [0.25, 0.3) is 5.69 Å². The summed E-state index contributed by atoms with van der Waals surface area (Å²) in [6, 6.07) is 21.2. The molecule has 0 aromatic heterocycles. The van der Waals surface area contributed by atoms with Crippen LogP contribution in [0.15, 0.2) is 83.8 Å². The molecule has 0 bridgehead atoms. The summed E-state index contributed by atoms with van der Waals surface area (Å²) in [6.45, 7) is 2.15. The Hall–Kier alpha value is -3.07. The molecular formula is C22H20N2O5S. The van der Waals surface area contributed by atoms with Crippen LogP contribution in [-0.2, 0) is 14.8 Å². The fourth-order valence-corrected chi connectivity index (χ4v) is 5.30. The predicted molar refractivity (Wildman–Crippen MR) is 111 cm³/mol. The van der Waals surface area contributed by atoms with Crippen LogP contribution in [0.3, 0.4) is 0 Å². The van der Waals surface area contributed by atoms with E-state index in [1.807, 2.05) is 61.5 Å². The molecule has 2 unspecified atom stereocenters. The average molecular weight is 424 g/mol. The summed E-state index contributed by atoms with van der Waals surface area (Å²) in [4.78, 5) is 10.4. The monoisotopic (exact) mass is 424 g/mol. The van der Waals surface area contributed by atoms with E-state index in [9.17, 15) is 18.5 Å². The second-order valence-electron chi connectivity index (χ2n) is 7.11. The van der Waals surface area contributed by atoms with Gasteiger partial charge in [-0.15, -0.1) is 0 Å². The van der Waals surface area contributed by atoms with Crippen molar-refractivity contribution in [1.82, 2.24) is 4.31 Å². The molecule has 3 aromatic rings. The third-order valence-electron chi connectivity index (χ3n) is 5.08. The number of ether oxygens (including phenoxy) is 1. The Bertz CT molecular complexity index is 1160. The standard InChI is InChI=1S/C22H20N2O5S/c1-16-6-5-9-18(14-16)21-15-29-22(17-7-3-2-4-8-17)23(21)30(27,28)20-12-10-19(11-13-20)24(25)26/h2-14,21-22H,15H2,1H3. The minimum atomic E-state index is -4.00. The fraction of sp³-hybridized carbons (Fsp3) is 0.182. The van der Waals surface area contributed by atoms with E-state index >= 15 is 0 Å². The number of hydrogen-bond acceptors (Lipinski definition) is 5. The molecule has 0 saturated carbocycles. The van der Waals surface area contributed by atoms with Gasteiger partial charge in [0.2, 0.25) is 10.0 Å². The predicted octanol–water partition coefficient (Wildman–Crippen LogP) is 4.36. The smallest absolute Gasteiger partial charge is 0.269 e. The summed E-state index contributed by atoms with van der Waals surface area (Å²) in [5, 5.41) is 10.9. The minimum absolute atomic E-state index is 0.0165. The summed E-state index contributed by atoms with van der Waals surface area (Å²) in [7, 11) is -4.00. The number of nitro benzene ring substituents is 1. The Kier molecular flexibility index (Phi) is 5.38. The number of nitrogens with zero attached hydrogens (tertiary/aromatic N) is 2. The molecular weight excluding hydrogens is 404 g/mol. The van der Waals surface area contributed by atoms with E-state index in [2.05, 4.69) is 0 Å². The summed E-state index contributed by atoms with van der Waals surface area (Å²) in [5.41, 5.74) is 2.40. The van der Waals surface area contributed by atoms with Gasteiger partial charge in [0.15, 0.2) is 6.23 Å². The molecule has 0 amide bonds. The fourth-order valence-electron chi connectivity index (χ4n) is 3.63. The van der Waals surface area contributed by atoms with Gasteiger partial charge in [0.1, 0.15) is 0 Å². The molecule has 0 radical (unpaired) electrons. The van der Waals surface area contributed by atoms with E-state index in [1.54, 1.807) is 0 Å². The molecule has 1 aliphatic rings. The summed E-state index contributed by atoms with van der Waals surface area (Å²) in [5.74, 6) is 0. The van der Waals surface area contributed by atoms with Gasteiger partial charge in [-0.25, -0.2) is 8.42 Å². The zero-order valence-corrected chi connectivity index (χ0v) is 17.0. The minimum Gasteiger partial charge on any atom is -0.356 e. The molecule has 2 atom stereocenters. The Balaban J connectivity index is 1.81. The van der Waals surface area contributed by atoms with Crippen molar-refractivity contribution in [3.05, 3.63) is 106 Å². The van der Waals surface area contributed by atoms with Crippen LogP contribution in [0.2, 0.25) is 0 Å². The third-order valence-corrected chi connectivity index (χ3v) is 6.95. The quantitative estimate of drug-likeness (QED) is 0.448. The van der Waals surface area contributed by atoms with Crippen molar-refractivity contribution in [2.75, 3.05) is 6.61 Å². The van der Waals surface area contributed by atoms with Crippen LogP contribution in [0.5, 0.6) is 0 Å². The van der Waals surface area contributed by atoms with E-state index in [0.717, 1.165) is 16.7 Å². The maximum atomic E-state index is 13.6. The highest BCUT2D eigenvalue weighted by Crippen LogP contribution is 2.43. The number of nitro groups is 1. The Labute approximate surface area is 174 Å². The number of benzene rings is 3. The highest BCUT2D eigenvalue weighted by Gasteiger charge is 2.44. The summed E-state index contributed by atoms with van der Waals surface area (Å²) in [6.07, 6.45) is -0.795. The van der Waals surface area contributed by atoms with Crippen molar-refractivity contribution < 1.29 is 18.1 Å². The van der Waals surface area contributed by atoms with Crippen LogP contribution in [-0.4, -0.2) is 24.3 Å². The number of sulfonamides is 1. The Morgan fingerprint density at radius 2 is 1.63 bits per heavy atom. The number of rotatable bonds is 5. The van der Waals surface area contributed by atoms with E-state index in [0.29, 0.717) is 0 Å². The van der Waals surface area contributed by atoms with E-state index in [1.165, 1.54) is 28.6 Å². The average Bonchev–Trinajstić information content (AvgIpc) is 3.21. The zero-order valence-electron chi connectivity index (χ0n) is 16.2. The SMILES string of the molecule is Cc1cccc(C2COC(c3ccccc3)N2S(=O)(=O)c2ccc([N+](=O)[O-])cc2)c1. The normalized spacial score (nSPS) is 19.6. The van der Waals surface area contributed by atoms with Crippen LogP contribution in [0.1, 0.15) is 29.0 Å². The zero-order chi connectivity index (χ0) is 21.3. The lowest BCUT2D eigenvalue weighted by Crippen LogP contribution is -2.33. The molecule has 1 fully saturated rings. The van der Waals surface area contributed by atoms with Crippen molar-refractivity contribution in [3.8, 4) is 0 Å². The first-order valence-electron chi connectivity index (χ1n) is 9.39. The number of hydrogen-bond donors (Lipinski definition) is 0. The van der Waals surface area contributed by atoms with Gasteiger partial charge < -0.3 is 4.74 Å². The van der Waals surface area contributed by atoms with Crippen molar-refractivity contribution in [2.45, 2.75) is 24.1 Å². The van der Waals surface area contributed by atoms with Crippen LogP contribution < -0.4 is 0 Å². The lowest BCUT2D eigenvalue weighted by Gasteiger charge is -2.28. The maximum absolute atomic E-state index is 13.6. The molecule has 1 aliphatic heterocycles. The largest absolute Gasteiger partial charge is 0.356 e. The lowest BCUT2D eigenvalue weighted by molar-refractivity contribution is -0.384. The molecule has 4 rings (SSSR count). The first-order chi connectivity index (χ1) is 14.4. The van der Waals surface area contributed by atoms with Gasteiger partial charge >= 0.3 is 0 Å². The molecule has 0 spiro atoms. The molecule has 0 N–H and O–H groups in total. The first-order valence-corrected chi connectivity index (χ1v) is 10.8. The van der Waals surface area contributed by atoms with Crippen molar-refractivity contribution in [3.63, 3.8) is 0 Å². The van der Waals surface area contributed by atoms with Crippen LogP contribution in [0.25, 0.3) is 0 Å². The second-order valence-corrected chi connectivity index (χ2v) is 8.96. The van der Waals surface area contributed by atoms with Crippen LogP contribution in [0.4, 0.5) is 5.69 Å². The highest BCUT2D eigenvalue weighted by molar-refractivity contribution is 7.89. The van der Waals surface area contributed by atoms with Crippen molar-refractivity contribution in [1.29, 1.82) is 0 Å². The topological polar surface area (TPSA) is 89.8 Å². The molecule has 0 aliphatic carbocycles. The third kappa shape index (κ3) is 3.72. The highest BCUT2D eigenvalue weighted by atomic mass is 32.2. The van der Waals surface area contributed by atoms with Crippen molar-refractivity contribution >= 4 is 15.7 Å². The van der Waals surface area contributed by atoms with Gasteiger partial charge in [-0.3, -0.25) is 10.1 Å².